The summed E-state index contributed by atoms with van der Waals surface area (Å²) in [4.78, 5) is 24.0. The van der Waals surface area contributed by atoms with Crippen LogP contribution in [0, 0.1) is 5.41 Å². The van der Waals surface area contributed by atoms with Gasteiger partial charge in [-0.05, 0) is 18.5 Å². The molecule has 0 aromatic heterocycles. The first-order valence-corrected chi connectivity index (χ1v) is 7.08. The molecule has 126 valence electrons. The number of nitrogens with one attached hydrogen (secondary N) is 1. The third kappa shape index (κ3) is 3.82. The molecule has 1 fully saturated rings. The standard InChI is InChI=1S/C15H17F3N2O3/c16-15(17,18)14(13(23)19-8-12(21)22)6-7-20(10-14)9-11-4-2-1-3-5-11/h1-5H,6-10H2,(H,19,23)(H,21,22)/t14-/m1/s1. The highest BCUT2D eigenvalue weighted by atomic mass is 19.4. The van der Waals surface area contributed by atoms with Crippen molar-refractivity contribution in [2.45, 2.75) is 19.1 Å². The van der Waals surface area contributed by atoms with Crippen LogP contribution in [0.1, 0.15) is 12.0 Å². The number of benzene rings is 1. The van der Waals surface area contributed by atoms with Gasteiger partial charge in [0.1, 0.15) is 6.54 Å². The first-order chi connectivity index (χ1) is 10.7. The molecule has 1 saturated heterocycles. The number of halogens is 3. The van der Waals surface area contributed by atoms with Crippen molar-refractivity contribution in [3.63, 3.8) is 0 Å². The molecule has 8 heteroatoms. The molecule has 1 atom stereocenters. The Hall–Kier alpha value is -2.09. The summed E-state index contributed by atoms with van der Waals surface area (Å²) in [6.45, 7) is -0.869. The average Bonchev–Trinajstić information content (AvgIpc) is 2.91. The van der Waals surface area contributed by atoms with E-state index in [2.05, 4.69) is 0 Å². The number of aliphatic carboxylic acids is 1. The molecule has 5 nitrogen and oxygen atoms in total. The zero-order valence-electron chi connectivity index (χ0n) is 12.3. The third-order valence-electron chi connectivity index (χ3n) is 3.97. The van der Waals surface area contributed by atoms with E-state index in [4.69, 9.17) is 5.11 Å². The van der Waals surface area contributed by atoms with E-state index in [0.29, 0.717) is 6.54 Å². The monoisotopic (exact) mass is 330 g/mol. The summed E-state index contributed by atoms with van der Waals surface area (Å²) < 4.78 is 40.4. The average molecular weight is 330 g/mol. The molecule has 1 amide bonds. The van der Waals surface area contributed by atoms with E-state index in [-0.39, 0.29) is 13.0 Å². The first-order valence-electron chi connectivity index (χ1n) is 7.08. The molecule has 0 unspecified atom stereocenters. The maximum Gasteiger partial charge on any atom is 0.404 e. The molecule has 1 heterocycles. The molecule has 23 heavy (non-hydrogen) atoms. The number of carboxylic acids is 1. The quantitative estimate of drug-likeness (QED) is 0.861. The molecule has 0 bridgehead atoms. The van der Waals surface area contributed by atoms with Gasteiger partial charge in [0.05, 0.1) is 0 Å². The highest BCUT2D eigenvalue weighted by Crippen LogP contribution is 2.46. The maximum absolute atomic E-state index is 13.5. The summed E-state index contributed by atoms with van der Waals surface area (Å²) in [5.74, 6) is -2.65. The lowest BCUT2D eigenvalue weighted by Gasteiger charge is -2.30. The number of carboxylic acid groups (broad SMARTS) is 1. The second-order valence-corrected chi connectivity index (χ2v) is 5.60. The fourth-order valence-electron chi connectivity index (χ4n) is 2.74. The van der Waals surface area contributed by atoms with Gasteiger partial charge in [0.2, 0.25) is 5.91 Å². The van der Waals surface area contributed by atoms with Crippen LogP contribution in [0.2, 0.25) is 0 Å². The van der Waals surface area contributed by atoms with Gasteiger partial charge in [-0.15, -0.1) is 0 Å². The number of rotatable bonds is 5. The smallest absolute Gasteiger partial charge is 0.404 e. The molecule has 1 aromatic rings. The van der Waals surface area contributed by atoms with Crippen LogP contribution in [-0.2, 0) is 16.1 Å². The Bertz CT molecular complexity index is 577. The van der Waals surface area contributed by atoms with Gasteiger partial charge in [-0.25, -0.2) is 0 Å². The van der Waals surface area contributed by atoms with Gasteiger partial charge in [-0.2, -0.15) is 13.2 Å². The van der Waals surface area contributed by atoms with Gasteiger partial charge in [-0.1, -0.05) is 30.3 Å². The van der Waals surface area contributed by atoms with Gasteiger partial charge in [0.25, 0.3) is 0 Å². The van der Waals surface area contributed by atoms with Crippen LogP contribution in [0.25, 0.3) is 0 Å². The molecule has 1 aliphatic rings. The normalized spacial score (nSPS) is 22.0. The van der Waals surface area contributed by atoms with E-state index >= 15 is 0 Å². The van der Waals surface area contributed by atoms with Crippen LogP contribution >= 0.6 is 0 Å². The van der Waals surface area contributed by atoms with Crippen LogP contribution in [0.3, 0.4) is 0 Å². The molecule has 1 aromatic carbocycles. The minimum atomic E-state index is -4.74. The van der Waals surface area contributed by atoms with Crippen molar-refractivity contribution in [3.05, 3.63) is 35.9 Å². The van der Waals surface area contributed by atoms with Crippen LogP contribution in [0.15, 0.2) is 30.3 Å². The molecule has 2 N–H and O–H groups in total. The van der Waals surface area contributed by atoms with Crippen molar-refractivity contribution in [1.82, 2.24) is 10.2 Å². The number of alkyl halides is 3. The van der Waals surface area contributed by atoms with E-state index in [0.717, 1.165) is 5.56 Å². The summed E-state index contributed by atoms with van der Waals surface area (Å²) in [7, 11) is 0. The topological polar surface area (TPSA) is 69.6 Å². The number of hydrogen-bond acceptors (Lipinski definition) is 3. The second-order valence-electron chi connectivity index (χ2n) is 5.60. The Morgan fingerprint density at radius 2 is 1.91 bits per heavy atom. The molecule has 1 aliphatic heterocycles. The highest BCUT2D eigenvalue weighted by Gasteiger charge is 2.62. The minimum absolute atomic E-state index is 0.120. The fourth-order valence-corrected chi connectivity index (χ4v) is 2.74. The van der Waals surface area contributed by atoms with Crippen LogP contribution in [0.4, 0.5) is 13.2 Å². The summed E-state index contributed by atoms with van der Waals surface area (Å²) >= 11 is 0. The number of carbonyl (C=O) groups excluding carboxylic acids is 1. The summed E-state index contributed by atoms with van der Waals surface area (Å²) in [6.07, 6.45) is -5.12. The number of carbonyl (C=O) groups is 2. The largest absolute Gasteiger partial charge is 0.480 e. The molecule has 0 saturated carbocycles. The number of hydrogen-bond donors (Lipinski definition) is 2. The van der Waals surface area contributed by atoms with Crippen molar-refractivity contribution in [2.75, 3.05) is 19.6 Å². The van der Waals surface area contributed by atoms with Crippen molar-refractivity contribution in [1.29, 1.82) is 0 Å². The van der Waals surface area contributed by atoms with E-state index in [1.165, 1.54) is 0 Å². The van der Waals surface area contributed by atoms with E-state index in [1.807, 2.05) is 11.4 Å². The highest BCUT2D eigenvalue weighted by molar-refractivity contribution is 5.87. The van der Waals surface area contributed by atoms with Gasteiger partial charge in [0.15, 0.2) is 5.41 Å². The van der Waals surface area contributed by atoms with Gasteiger partial charge < -0.3 is 10.4 Å². The Labute approximate surface area is 131 Å². The summed E-state index contributed by atoms with van der Waals surface area (Å²) in [5, 5.41) is 10.4. The number of amides is 1. The lowest BCUT2D eigenvalue weighted by Crippen LogP contribution is -2.53. The summed E-state index contributed by atoms with van der Waals surface area (Å²) in [6, 6.07) is 9.01. The predicted octanol–water partition coefficient (Wildman–Crippen LogP) is 1.64. The van der Waals surface area contributed by atoms with E-state index in [1.54, 1.807) is 29.2 Å². The molecule has 0 aliphatic carbocycles. The molecule has 0 radical (unpaired) electrons. The number of nitrogens with zero attached hydrogens (tertiary/aromatic N) is 1. The van der Waals surface area contributed by atoms with E-state index < -0.39 is 36.6 Å². The SMILES string of the molecule is O=C(O)CNC(=O)[C@@]1(C(F)(F)F)CCN(Cc2ccccc2)C1. The van der Waals surface area contributed by atoms with Gasteiger partial charge in [-0.3, -0.25) is 14.5 Å². The fraction of sp³-hybridized carbons (Fsp3) is 0.467. The first kappa shape index (κ1) is 17.3. The van der Waals surface area contributed by atoms with Crippen LogP contribution in [0.5, 0.6) is 0 Å². The molecule has 2 rings (SSSR count). The van der Waals surface area contributed by atoms with Crippen molar-refractivity contribution >= 4 is 11.9 Å². The Morgan fingerprint density at radius 3 is 2.48 bits per heavy atom. The molecular weight excluding hydrogens is 313 g/mol. The Kier molecular flexibility index (Phi) is 4.93. The maximum atomic E-state index is 13.5. The van der Waals surface area contributed by atoms with Gasteiger partial charge in [0, 0.05) is 13.1 Å². The van der Waals surface area contributed by atoms with Crippen LogP contribution in [-0.4, -0.2) is 47.7 Å². The zero-order chi connectivity index (χ0) is 17.1. The Morgan fingerprint density at radius 1 is 1.26 bits per heavy atom. The second kappa shape index (κ2) is 6.57. The van der Waals surface area contributed by atoms with Crippen molar-refractivity contribution in [2.24, 2.45) is 5.41 Å². The van der Waals surface area contributed by atoms with Crippen molar-refractivity contribution in [3.8, 4) is 0 Å². The zero-order valence-corrected chi connectivity index (χ0v) is 12.3. The third-order valence-corrected chi connectivity index (χ3v) is 3.97. The Balaban J connectivity index is 2.12. The van der Waals surface area contributed by atoms with Gasteiger partial charge >= 0.3 is 12.1 Å². The lowest BCUT2D eigenvalue weighted by molar-refractivity contribution is -0.218. The lowest BCUT2D eigenvalue weighted by atomic mass is 9.85. The number of likely N-dealkylation sites (tertiary alicyclic amines) is 1. The van der Waals surface area contributed by atoms with Crippen molar-refractivity contribution < 1.29 is 27.9 Å². The summed E-state index contributed by atoms with van der Waals surface area (Å²) in [5.41, 5.74) is -1.70. The predicted molar refractivity (Wildman–Crippen MR) is 75.5 cm³/mol. The minimum Gasteiger partial charge on any atom is -0.480 e. The van der Waals surface area contributed by atoms with Crippen LogP contribution < -0.4 is 5.32 Å². The molecule has 0 spiro atoms. The van der Waals surface area contributed by atoms with E-state index in [9.17, 15) is 22.8 Å². The molecular formula is C15H17F3N2O3.